The molecule has 0 aliphatic heterocycles. The van der Waals surface area contributed by atoms with Crippen molar-refractivity contribution in [3.8, 4) is 0 Å². The van der Waals surface area contributed by atoms with Crippen LogP contribution in [0.15, 0.2) is 5.16 Å². The second-order valence-electron chi connectivity index (χ2n) is 5.43. The van der Waals surface area contributed by atoms with Crippen molar-refractivity contribution in [2.45, 2.75) is 76.3 Å². The molecule has 1 rings (SSSR count). The van der Waals surface area contributed by atoms with E-state index in [9.17, 15) is 0 Å². The largest absolute Gasteiger partial charge is 0.368 e. The molecule has 0 radical (unpaired) electrons. The molecule has 20 heavy (non-hydrogen) atoms. The van der Waals surface area contributed by atoms with Gasteiger partial charge in [-0.1, -0.05) is 76.5 Å². The number of rotatable bonds is 12. The van der Waals surface area contributed by atoms with Crippen LogP contribution in [-0.4, -0.2) is 20.5 Å². The summed E-state index contributed by atoms with van der Waals surface area (Å²) in [4.78, 5) is 0. The van der Waals surface area contributed by atoms with Crippen molar-refractivity contribution in [2.75, 3.05) is 11.5 Å². The van der Waals surface area contributed by atoms with Crippen LogP contribution in [0.25, 0.3) is 0 Å². The molecule has 1 aromatic heterocycles. The number of nitrogens with zero attached hydrogens (tertiary/aromatic N) is 3. The molecule has 2 N–H and O–H groups in total. The number of nitrogens with two attached hydrogens (primary N) is 1. The maximum Gasteiger partial charge on any atom is 0.222 e. The molecule has 0 saturated carbocycles. The summed E-state index contributed by atoms with van der Waals surface area (Å²) >= 11 is 1.75. The van der Waals surface area contributed by atoms with Gasteiger partial charge in [-0.15, -0.1) is 10.2 Å². The summed E-state index contributed by atoms with van der Waals surface area (Å²) in [7, 11) is 1.91. The lowest BCUT2D eigenvalue weighted by Crippen LogP contribution is -1.98. The third kappa shape index (κ3) is 7.17. The Hall–Kier alpha value is -0.710. The SMILES string of the molecule is CCCCCCCCCCCCSc1nnc(N)n1C. The third-order valence-corrected chi connectivity index (χ3v) is 4.70. The Balaban J connectivity index is 1.87. The molecule has 0 aliphatic rings. The quantitative estimate of drug-likeness (QED) is 0.459. The van der Waals surface area contributed by atoms with E-state index in [0.717, 1.165) is 10.9 Å². The molecule has 0 bridgehead atoms. The van der Waals surface area contributed by atoms with Crippen LogP contribution >= 0.6 is 11.8 Å². The number of unbranched alkanes of at least 4 members (excludes halogenated alkanes) is 9. The summed E-state index contributed by atoms with van der Waals surface area (Å²) in [6.07, 6.45) is 13.8. The van der Waals surface area contributed by atoms with Crippen molar-refractivity contribution in [1.82, 2.24) is 14.8 Å². The van der Waals surface area contributed by atoms with Crippen molar-refractivity contribution in [2.24, 2.45) is 7.05 Å². The Bertz CT molecular complexity index is 352. The van der Waals surface area contributed by atoms with Crippen LogP contribution < -0.4 is 5.73 Å². The molecule has 0 unspecified atom stereocenters. The molecule has 0 aromatic carbocycles. The van der Waals surface area contributed by atoms with Crippen LogP contribution in [0, 0.1) is 0 Å². The van der Waals surface area contributed by atoms with Crippen LogP contribution in [0.4, 0.5) is 5.95 Å². The van der Waals surface area contributed by atoms with Gasteiger partial charge >= 0.3 is 0 Å². The second kappa shape index (κ2) is 11.0. The highest BCUT2D eigenvalue weighted by molar-refractivity contribution is 7.99. The fourth-order valence-corrected chi connectivity index (χ4v) is 3.12. The topological polar surface area (TPSA) is 56.7 Å². The molecule has 4 nitrogen and oxygen atoms in total. The summed E-state index contributed by atoms with van der Waals surface area (Å²) in [5, 5.41) is 8.83. The van der Waals surface area contributed by atoms with E-state index in [2.05, 4.69) is 17.1 Å². The highest BCUT2D eigenvalue weighted by Crippen LogP contribution is 2.19. The standard InChI is InChI=1S/C15H30N4S/c1-3-4-5-6-7-8-9-10-11-12-13-20-15-18-17-14(16)19(15)2/h3-13H2,1-2H3,(H2,16,17). The first-order valence-electron chi connectivity index (χ1n) is 8.03. The van der Waals surface area contributed by atoms with Gasteiger partial charge in [-0.2, -0.15) is 0 Å². The van der Waals surface area contributed by atoms with Gasteiger partial charge in [0, 0.05) is 12.8 Å². The first-order valence-corrected chi connectivity index (χ1v) is 9.02. The Labute approximate surface area is 127 Å². The van der Waals surface area contributed by atoms with Gasteiger partial charge in [0.25, 0.3) is 0 Å². The minimum absolute atomic E-state index is 0.496. The summed E-state index contributed by atoms with van der Waals surface area (Å²) in [5.74, 6) is 1.61. The molecule has 0 amide bonds. The van der Waals surface area contributed by atoms with Crippen molar-refractivity contribution in [3.05, 3.63) is 0 Å². The number of anilines is 1. The minimum Gasteiger partial charge on any atom is -0.368 e. The number of nitrogen functional groups attached to an aromatic ring is 1. The zero-order valence-corrected chi connectivity index (χ0v) is 13.9. The summed E-state index contributed by atoms with van der Waals surface area (Å²) in [6.45, 7) is 2.27. The Morgan fingerprint density at radius 3 is 1.95 bits per heavy atom. The van der Waals surface area contributed by atoms with Crippen LogP contribution in [0.3, 0.4) is 0 Å². The second-order valence-corrected chi connectivity index (χ2v) is 6.49. The van der Waals surface area contributed by atoms with E-state index in [4.69, 9.17) is 5.73 Å². The smallest absolute Gasteiger partial charge is 0.222 e. The first-order chi connectivity index (χ1) is 9.75. The maximum absolute atomic E-state index is 5.65. The summed E-state index contributed by atoms with van der Waals surface area (Å²) in [6, 6.07) is 0. The van der Waals surface area contributed by atoms with Crippen LogP contribution in [0.1, 0.15) is 71.1 Å². The highest BCUT2D eigenvalue weighted by atomic mass is 32.2. The fourth-order valence-electron chi connectivity index (χ4n) is 2.20. The minimum atomic E-state index is 0.496. The maximum atomic E-state index is 5.65. The number of thioether (sulfide) groups is 1. The van der Waals surface area contributed by atoms with Crippen LogP contribution in [-0.2, 0) is 7.05 Å². The summed E-state index contributed by atoms with van der Waals surface area (Å²) < 4.78 is 1.85. The molecule has 0 aliphatic carbocycles. The van der Waals surface area contributed by atoms with Crippen molar-refractivity contribution in [3.63, 3.8) is 0 Å². The fraction of sp³-hybridized carbons (Fsp3) is 0.867. The van der Waals surface area contributed by atoms with Gasteiger partial charge < -0.3 is 5.73 Å². The van der Waals surface area contributed by atoms with Crippen molar-refractivity contribution >= 4 is 17.7 Å². The van der Waals surface area contributed by atoms with E-state index in [-0.39, 0.29) is 0 Å². The molecule has 1 aromatic rings. The van der Waals surface area contributed by atoms with Crippen LogP contribution in [0.2, 0.25) is 0 Å². The Morgan fingerprint density at radius 1 is 0.900 bits per heavy atom. The molecular weight excluding hydrogens is 268 g/mol. The predicted octanol–water partition coefficient (Wildman–Crippen LogP) is 4.41. The highest BCUT2D eigenvalue weighted by Gasteiger charge is 2.04. The van der Waals surface area contributed by atoms with E-state index in [0.29, 0.717) is 5.95 Å². The molecule has 116 valence electrons. The summed E-state index contributed by atoms with van der Waals surface area (Å²) in [5.41, 5.74) is 5.65. The Kier molecular flexibility index (Phi) is 9.54. The van der Waals surface area contributed by atoms with E-state index in [1.54, 1.807) is 11.8 Å². The average molecular weight is 298 g/mol. The monoisotopic (exact) mass is 298 g/mol. The zero-order valence-electron chi connectivity index (χ0n) is 13.1. The third-order valence-electron chi connectivity index (χ3n) is 3.60. The van der Waals surface area contributed by atoms with E-state index in [1.807, 2.05) is 11.6 Å². The molecule has 5 heteroatoms. The lowest BCUT2D eigenvalue weighted by Gasteiger charge is -2.03. The number of hydrogen-bond acceptors (Lipinski definition) is 4. The van der Waals surface area contributed by atoms with Gasteiger partial charge in [-0.3, -0.25) is 4.57 Å². The molecule has 0 atom stereocenters. The molecule has 1 heterocycles. The van der Waals surface area contributed by atoms with Crippen molar-refractivity contribution < 1.29 is 0 Å². The van der Waals surface area contributed by atoms with Gasteiger partial charge in [0.05, 0.1) is 0 Å². The lowest BCUT2D eigenvalue weighted by molar-refractivity contribution is 0.563. The van der Waals surface area contributed by atoms with Crippen LogP contribution in [0.5, 0.6) is 0 Å². The average Bonchev–Trinajstić information content (AvgIpc) is 2.76. The van der Waals surface area contributed by atoms with Gasteiger partial charge in [-0.05, 0) is 6.42 Å². The van der Waals surface area contributed by atoms with Gasteiger partial charge in [0.1, 0.15) is 0 Å². The van der Waals surface area contributed by atoms with E-state index < -0.39 is 0 Å². The molecule has 0 spiro atoms. The first kappa shape index (κ1) is 17.3. The van der Waals surface area contributed by atoms with E-state index in [1.165, 1.54) is 64.2 Å². The van der Waals surface area contributed by atoms with Gasteiger partial charge in [-0.25, -0.2) is 0 Å². The van der Waals surface area contributed by atoms with Gasteiger partial charge in [0.2, 0.25) is 5.95 Å². The van der Waals surface area contributed by atoms with Crippen molar-refractivity contribution in [1.29, 1.82) is 0 Å². The lowest BCUT2D eigenvalue weighted by atomic mass is 10.1. The van der Waals surface area contributed by atoms with E-state index >= 15 is 0 Å². The zero-order chi connectivity index (χ0) is 14.6. The Morgan fingerprint density at radius 2 is 1.45 bits per heavy atom. The number of hydrogen-bond donors (Lipinski definition) is 1. The molecule has 0 saturated heterocycles. The molecule has 0 fully saturated rings. The predicted molar refractivity (Wildman–Crippen MR) is 88.0 cm³/mol. The van der Waals surface area contributed by atoms with Gasteiger partial charge in [0.15, 0.2) is 5.16 Å². The molecular formula is C15H30N4S. The number of aromatic nitrogens is 3. The normalized spacial score (nSPS) is 11.1.